The molecule has 1 aromatic heterocycles. The summed E-state index contributed by atoms with van der Waals surface area (Å²) in [6.07, 6.45) is 6.80. The third-order valence-electron chi connectivity index (χ3n) is 4.29. The average molecular weight is 263 g/mol. The van der Waals surface area contributed by atoms with Crippen LogP contribution in [0.2, 0.25) is 0 Å². The SMILES string of the molecule is Nc1nccnc1N1CCN2[C@@H](CO)CCC[C@H]2C1. The maximum absolute atomic E-state index is 9.46. The van der Waals surface area contributed by atoms with Crippen molar-refractivity contribution in [3.8, 4) is 0 Å². The summed E-state index contributed by atoms with van der Waals surface area (Å²) in [5, 5.41) is 9.46. The van der Waals surface area contributed by atoms with Gasteiger partial charge in [0.15, 0.2) is 11.6 Å². The molecule has 2 aliphatic heterocycles. The van der Waals surface area contributed by atoms with Gasteiger partial charge in [0.1, 0.15) is 0 Å². The van der Waals surface area contributed by atoms with E-state index in [4.69, 9.17) is 5.73 Å². The molecule has 0 saturated carbocycles. The van der Waals surface area contributed by atoms with Gasteiger partial charge in [-0.25, -0.2) is 9.97 Å². The van der Waals surface area contributed by atoms with Crippen LogP contribution in [0.4, 0.5) is 11.6 Å². The Balaban J connectivity index is 1.74. The molecule has 0 spiro atoms. The minimum atomic E-state index is 0.268. The number of hydrogen-bond acceptors (Lipinski definition) is 6. The molecular weight excluding hydrogens is 242 g/mol. The van der Waals surface area contributed by atoms with Gasteiger partial charge in [-0.1, -0.05) is 6.42 Å². The molecule has 3 rings (SSSR count). The summed E-state index contributed by atoms with van der Waals surface area (Å²) < 4.78 is 0. The number of aliphatic hydroxyl groups is 1. The summed E-state index contributed by atoms with van der Waals surface area (Å²) in [5.74, 6) is 1.30. The summed E-state index contributed by atoms with van der Waals surface area (Å²) >= 11 is 0. The van der Waals surface area contributed by atoms with E-state index in [0.29, 0.717) is 17.9 Å². The second-order valence-electron chi connectivity index (χ2n) is 5.37. The quantitative estimate of drug-likeness (QED) is 0.787. The molecular formula is C13H21N5O. The molecule has 0 aliphatic carbocycles. The smallest absolute Gasteiger partial charge is 0.171 e. The highest BCUT2D eigenvalue weighted by Gasteiger charge is 2.35. The Bertz CT molecular complexity index is 441. The number of piperidine rings is 1. The van der Waals surface area contributed by atoms with Crippen LogP contribution in [0.15, 0.2) is 12.4 Å². The van der Waals surface area contributed by atoms with Gasteiger partial charge < -0.3 is 15.7 Å². The van der Waals surface area contributed by atoms with E-state index >= 15 is 0 Å². The number of nitrogen functional groups attached to an aromatic ring is 1. The van der Waals surface area contributed by atoms with Gasteiger partial charge >= 0.3 is 0 Å². The van der Waals surface area contributed by atoms with Crippen molar-refractivity contribution in [3.63, 3.8) is 0 Å². The number of aliphatic hydroxyl groups excluding tert-OH is 1. The molecule has 19 heavy (non-hydrogen) atoms. The zero-order valence-corrected chi connectivity index (χ0v) is 11.1. The summed E-state index contributed by atoms with van der Waals surface area (Å²) in [7, 11) is 0. The van der Waals surface area contributed by atoms with Crippen LogP contribution in [0.25, 0.3) is 0 Å². The van der Waals surface area contributed by atoms with Crippen LogP contribution in [0, 0.1) is 0 Å². The second kappa shape index (κ2) is 5.30. The minimum absolute atomic E-state index is 0.268. The van der Waals surface area contributed by atoms with Crippen LogP contribution < -0.4 is 10.6 Å². The summed E-state index contributed by atoms with van der Waals surface area (Å²) in [6.45, 7) is 3.06. The van der Waals surface area contributed by atoms with Crippen LogP contribution in [0.5, 0.6) is 0 Å². The number of anilines is 2. The van der Waals surface area contributed by atoms with E-state index in [9.17, 15) is 5.11 Å². The third kappa shape index (κ3) is 2.37. The third-order valence-corrected chi connectivity index (χ3v) is 4.29. The first-order valence-electron chi connectivity index (χ1n) is 6.97. The molecule has 0 unspecified atom stereocenters. The largest absolute Gasteiger partial charge is 0.395 e. The van der Waals surface area contributed by atoms with Crippen LogP contribution in [0.1, 0.15) is 19.3 Å². The molecule has 0 bridgehead atoms. The zero-order valence-electron chi connectivity index (χ0n) is 11.1. The van der Waals surface area contributed by atoms with E-state index in [0.717, 1.165) is 31.9 Å². The standard InChI is InChI=1S/C13H21N5O/c14-12-13(16-5-4-15-12)17-6-7-18-10(8-17)2-1-3-11(18)9-19/h4-5,10-11,19H,1-3,6-9H2,(H2,14,15)/t10-,11+/m0/s1. The lowest BCUT2D eigenvalue weighted by Gasteiger charge is -2.48. The molecule has 2 fully saturated rings. The van der Waals surface area contributed by atoms with Gasteiger partial charge in [-0.15, -0.1) is 0 Å². The summed E-state index contributed by atoms with van der Waals surface area (Å²) in [4.78, 5) is 13.1. The lowest BCUT2D eigenvalue weighted by Crippen LogP contribution is -2.59. The average Bonchev–Trinajstić information content (AvgIpc) is 2.46. The summed E-state index contributed by atoms with van der Waals surface area (Å²) in [5.41, 5.74) is 5.90. The molecule has 0 radical (unpaired) electrons. The van der Waals surface area contributed by atoms with Gasteiger partial charge in [0, 0.05) is 44.1 Å². The molecule has 2 aliphatic rings. The van der Waals surface area contributed by atoms with Gasteiger partial charge in [0.05, 0.1) is 6.61 Å². The first-order valence-corrected chi connectivity index (χ1v) is 6.97. The van der Waals surface area contributed by atoms with Crippen molar-refractivity contribution in [1.82, 2.24) is 14.9 Å². The molecule has 0 amide bonds. The summed E-state index contributed by atoms with van der Waals surface area (Å²) in [6, 6.07) is 0.834. The van der Waals surface area contributed by atoms with Crippen molar-refractivity contribution >= 4 is 11.6 Å². The Morgan fingerprint density at radius 1 is 1.26 bits per heavy atom. The number of hydrogen-bond donors (Lipinski definition) is 2. The Hall–Kier alpha value is -1.40. The molecule has 6 nitrogen and oxygen atoms in total. The fourth-order valence-corrected chi connectivity index (χ4v) is 3.34. The second-order valence-corrected chi connectivity index (χ2v) is 5.37. The zero-order chi connectivity index (χ0) is 13.2. The van der Waals surface area contributed by atoms with Gasteiger partial charge in [-0.3, -0.25) is 4.90 Å². The predicted octanol–water partition coefficient (Wildman–Crippen LogP) is 0.0942. The number of fused-ring (bicyclic) bond motifs is 1. The maximum Gasteiger partial charge on any atom is 0.171 e. The number of aromatic nitrogens is 2. The Morgan fingerprint density at radius 2 is 2.11 bits per heavy atom. The van der Waals surface area contributed by atoms with Gasteiger partial charge in [-0.05, 0) is 12.8 Å². The van der Waals surface area contributed by atoms with Crippen molar-refractivity contribution in [2.24, 2.45) is 0 Å². The first kappa shape index (κ1) is 12.6. The highest BCUT2D eigenvalue weighted by molar-refractivity contribution is 5.57. The maximum atomic E-state index is 9.46. The lowest BCUT2D eigenvalue weighted by atomic mass is 9.94. The van der Waals surface area contributed by atoms with E-state index in [1.807, 2.05) is 0 Å². The Labute approximate surface area is 113 Å². The van der Waals surface area contributed by atoms with Crippen LogP contribution in [-0.2, 0) is 0 Å². The van der Waals surface area contributed by atoms with Gasteiger partial charge in [0.2, 0.25) is 0 Å². The van der Waals surface area contributed by atoms with Gasteiger partial charge in [0.25, 0.3) is 0 Å². The van der Waals surface area contributed by atoms with E-state index in [2.05, 4.69) is 19.8 Å². The monoisotopic (exact) mass is 263 g/mol. The normalized spacial score (nSPS) is 28.2. The number of piperazine rings is 1. The van der Waals surface area contributed by atoms with Gasteiger partial charge in [-0.2, -0.15) is 0 Å². The molecule has 6 heteroatoms. The molecule has 1 aromatic rings. The fourth-order valence-electron chi connectivity index (χ4n) is 3.34. The lowest BCUT2D eigenvalue weighted by molar-refractivity contribution is 0.0369. The van der Waals surface area contributed by atoms with E-state index < -0.39 is 0 Å². The van der Waals surface area contributed by atoms with Crippen molar-refractivity contribution in [2.45, 2.75) is 31.3 Å². The van der Waals surface area contributed by atoms with Crippen molar-refractivity contribution in [3.05, 3.63) is 12.4 Å². The first-order chi connectivity index (χ1) is 9.29. The Kier molecular flexibility index (Phi) is 3.52. The fraction of sp³-hybridized carbons (Fsp3) is 0.692. The minimum Gasteiger partial charge on any atom is -0.395 e. The van der Waals surface area contributed by atoms with Crippen molar-refractivity contribution < 1.29 is 5.11 Å². The molecule has 2 atom stereocenters. The number of rotatable bonds is 2. The number of nitrogens with two attached hydrogens (primary N) is 1. The highest BCUT2D eigenvalue weighted by atomic mass is 16.3. The van der Waals surface area contributed by atoms with E-state index in [-0.39, 0.29) is 6.61 Å². The topological polar surface area (TPSA) is 78.5 Å². The van der Waals surface area contributed by atoms with Crippen LogP contribution in [-0.4, -0.2) is 58.3 Å². The molecule has 104 valence electrons. The van der Waals surface area contributed by atoms with Crippen LogP contribution >= 0.6 is 0 Å². The van der Waals surface area contributed by atoms with E-state index in [1.54, 1.807) is 12.4 Å². The number of nitrogens with zero attached hydrogens (tertiary/aromatic N) is 4. The molecule has 0 aromatic carbocycles. The van der Waals surface area contributed by atoms with Crippen molar-refractivity contribution in [2.75, 3.05) is 36.9 Å². The molecule has 3 heterocycles. The van der Waals surface area contributed by atoms with Crippen molar-refractivity contribution in [1.29, 1.82) is 0 Å². The molecule has 3 N–H and O–H groups in total. The molecule has 2 saturated heterocycles. The van der Waals surface area contributed by atoms with Crippen LogP contribution in [0.3, 0.4) is 0 Å². The predicted molar refractivity (Wildman–Crippen MR) is 73.9 cm³/mol. The Morgan fingerprint density at radius 3 is 2.89 bits per heavy atom. The van der Waals surface area contributed by atoms with E-state index in [1.165, 1.54) is 12.8 Å². The highest BCUT2D eigenvalue weighted by Crippen LogP contribution is 2.28.